The monoisotopic (exact) mass is 169 g/mol. The van der Waals surface area contributed by atoms with Crippen molar-refractivity contribution in [2.75, 3.05) is 0 Å². The van der Waals surface area contributed by atoms with Crippen molar-refractivity contribution in [3.63, 3.8) is 0 Å². The van der Waals surface area contributed by atoms with Crippen molar-refractivity contribution in [3.8, 4) is 0 Å². The van der Waals surface area contributed by atoms with Crippen LogP contribution in [0.25, 0.3) is 0 Å². The van der Waals surface area contributed by atoms with Gasteiger partial charge in [-0.2, -0.15) is 0 Å². The maximum atomic E-state index is 6.14. The molecule has 0 aromatic heterocycles. The van der Waals surface area contributed by atoms with Crippen molar-refractivity contribution in [3.05, 3.63) is 0 Å². The first-order valence-electron chi connectivity index (χ1n) is 5.28. The van der Waals surface area contributed by atoms with E-state index in [-0.39, 0.29) is 5.54 Å². The molecule has 0 radical (unpaired) electrons. The van der Waals surface area contributed by atoms with Gasteiger partial charge in [-0.05, 0) is 38.0 Å². The van der Waals surface area contributed by atoms with Crippen LogP contribution in [0.4, 0.5) is 0 Å². The van der Waals surface area contributed by atoms with Crippen LogP contribution in [0.1, 0.15) is 52.9 Å². The molecule has 0 saturated heterocycles. The van der Waals surface area contributed by atoms with Crippen molar-refractivity contribution in [2.24, 2.45) is 17.6 Å². The summed E-state index contributed by atoms with van der Waals surface area (Å²) in [5.74, 6) is 1.73. The molecule has 1 nitrogen and oxygen atoms in total. The normalized spacial score (nSPS) is 37.2. The van der Waals surface area contributed by atoms with Crippen molar-refractivity contribution in [2.45, 2.75) is 58.4 Å². The van der Waals surface area contributed by atoms with E-state index < -0.39 is 0 Å². The Morgan fingerprint density at radius 1 is 1.50 bits per heavy atom. The number of rotatable bonds is 2. The van der Waals surface area contributed by atoms with Crippen molar-refractivity contribution >= 4 is 0 Å². The molecule has 1 heteroatoms. The number of hydrogen-bond donors (Lipinski definition) is 1. The van der Waals surface area contributed by atoms with E-state index in [1.807, 2.05) is 0 Å². The van der Waals surface area contributed by atoms with E-state index in [4.69, 9.17) is 5.73 Å². The fraction of sp³-hybridized carbons (Fsp3) is 1.00. The minimum atomic E-state index is 0.137. The average molecular weight is 169 g/mol. The molecule has 12 heavy (non-hydrogen) atoms. The summed E-state index contributed by atoms with van der Waals surface area (Å²) < 4.78 is 0. The molecule has 1 aliphatic rings. The van der Waals surface area contributed by atoms with Gasteiger partial charge in [-0.1, -0.05) is 26.7 Å². The molecule has 0 heterocycles. The Kier molecular flexibility index (Phi) is 3.16. The first-order valence-corrected chi connectivity index (χ1v) is 5.28. The molecule has 0 amide bonds. The molecule has 2 N–H and O–H groups in total. The molecule has 0 bridgehead atoms. The summed E-state index contributed by atoms with van der Waals surface area (Å²) in [4.78, 5) is 0. The molecule has 1 aliphatic carbocycles. The molecule has 1 saturated carbocycles. The van der Waals surface area contributed by atoms with Gasteiger partial charge in [-0.25, -0.2) is 0 Å². The highest BCUT2D eigenvalue weighted by Crippen LogP contribution is 2.33. The van der Waals surface area contributed by atoms with Crippen molar-refractivity contribution in [1.29, 1.82) is 0 Å². The van der Waals surface area contributed by atoms with E-state index in [1.54, 1.807) is 0 Å². The van der Waals surface area contributed by atoms with Gasteiger partial charge in [0.25, 0.3) is 0 Å². The molecular weight excluding hydrogens is 146 g/mol. The molecule has 0 spiro atoms. The quantitative estimate of drug-likeness (QED) is 0.675. The van der Waals surface area contributed by atoms with Crippen LogP contribution >= 0.6 is 0 Å². The van der Waals surface area contributed by atoms with Crippen molar-refractivity contribution < 1.29 is 0 Å². The lowest BCUT2D eigenvalue weighted by Crippen LogP contribution is -2.41. The third-order valence-electron chi connectivity index (χ3n) is 2.92. The van der Waals surface area contributed by atoms with Gasteiger partial charge >= 0.3 is 0 Å². The smallest absolute Gasteiger partial charge is 0.0128 e. The third-order valence-corrected chi connectivity index (χ3v) is 2.92. The van der Waals surface area contributed by atoms with Crippen molar-refractivity contribution in [1.82, 2.24) is 0 Å². The van der Waals surface area contributed by atoms with Crippen LogP contribution in [0.15, 0.2) is 0 Å². The third kappa shape index (κ3) is 3.14. The Morgan fingerprint density at radius 3 is 2.67 bits per heavy atom. The molecule has 2 unspecified atom stereocenters. The average Bonchev–Trinajstić information content (AvgIpc) is 1.82. The molecule has 0 aromatic rings. The Hall–Kier alpha value is -0.0400. The first kappa shape index (κ1) is 10.0. The summed E-state index contributed by atoms with van der Waals surface area (Å²) in [5, 5.41) is 0. The van der Waals surface area contributed by atoms with Gasteiger partial charge in [-0.15, -0.1) is 0 Å². The van der Waals surface area contributed by atoms with E-state index in [0.29, 0.717) is 0 Å². The Balaban J connectivity index is 2.36. The maximum absolute atomic E-state index is 6.14. The zero-order chi connectivity index (χ0) is 9.19. The van der Waals surface area contributed by atoms with Gasteiger partial charge in [0.1, 0.15) is 0 Å². The summed E-state index contributed by atoms with van der Waals surface area (Å²) in [7, 11) is 0. The van der Waals surface area contributed by atoms with Crippen LogP contribution < -0.4 is 5.73 Å². The minimum Gasteiger partial charge on any atom is -0.325 e. The van der Waals surface area contributed by atoms with Crippen LogP contribution in [0.5, 0.6) is 0 Å². The molecule has 1 rings (SSSR count). The molecule has 72 valence electrons. The molecule has 0 aliphatic heterocycles. The Morgan fingerprint density at radius 2 is 2.17 bits per heavy atom. The highest BCUT2D eigenvalue weighted by atomic mass is 14.7. The van der Waals surface area contributed by atoms with Gasteiger partial charge < -0.3 is 5.73 Å². The van der Waals surface area contributed by atoms with Crippen LogP contribution in [-0.4, -0.2) is 5.54 Å². The second-order valence-corrected chi connectivity index (χ2v) is 5.25. The predicted molar refractivity (Wildman–Crippen MR) is 54.0 cm³/mol. The lowest BCUT2D eigenvalue weighted by Gasteiger charge is -2.35. The van der Waals surface area contributed by atoms with E-state index in [2.05, 4.69) is 20.8 Å². The van der Waals surface area contributed by atoms with Gasteiger partial charge in [0.05, 0.1) is 0 Å². The largest absolute Gasteiger partial charge is 0.325 e. The van der Waals surface area contributed by atoms with E-state index in [1.165, 1.54) is 32.1 Å². The summed E-state index contributed by atoms with van der Waals surface area (Å²) in [6.07, 6.45) is 6.58. The summed E-state index contributed by atoms with van der Waals surface area (Å²) >= 11 is 0. The Labute approximate surface area is 76.7 Å². The summed E-state index contributed by atoms with van der Waals surface area (Å²) in [6.45, 7) is 6.82. The fourth-order valence-electron chi connectivity index (χ4n) is 2.53. The standard InChI is InChI=1S/C11H23N/c1-9(2)7-10-5-4-6-11(3,12)8-10/h9-10H,4-8,12H2,1-3H3. The van der Waals surface area contributed by atoms with Crippen LogP contribution in [0.3, 0.4) is 0 Å². The van der Waals surface area contributed by atoms with E-state index >= 15 is 0 Å². The maximum Gasteiger partial charge on any atom is 0.0128 e. The highest BCUT2D eigenvalue weighted by molar-refractivity contribution is 4.86. The Bertz CT molecular complexity index is 138. The van der Waals surface area contributed by atoms with Gasteiger partial charge in [0.15, 0.2) is 0 Å². The fourth-order valence-corrected chi connectivity index (χ4v) is 2.53. The topological polar surface area (TPSA) is 26.0 Å². The van der Waals surface area contributed by atoms with E-state index in [9.17, 15) is 0 Å². The molecular formula is C11H23N. The van der Waals surface area contributed by atoms with Crippen LogP contribution in [-0.2, 0) is 0 Å². The number of nitrogens with two attached hydrogens (primary N) is 1. The second kappa shape index (κ2) is 3.78. The minimum absolute atomic E-state index is 0.137. The lowest BCUT2D eigenvalue weighted by atomic mass is 9.75. The van der Waals surface area contributed by atoms with Gasteiger partial charge in [0.2, 0.25) is 0 Å². The molecule has 1 fully saturated rings. The highest BCUT2D eigenvalue weighted by Gasteiger charge is 2.28. The summed E-state index contributed by atoms with van der Waals surface area (Å²) in [6, 6.07) is 0. The lowest BCUT2D eigenvalue weighted by molar-refractivity contribution is 0.216. The van der Waals surface area contributed by atoms with Gasteiger partial charge in [0, 0.05) is 5.54 Å². The zero-order valence-electron chi connectivity index (χ0n) is 8.77. The number of hydrogen-bond acceptors (Lipinski definition) is 1. The second-order valence-electron chi connectivity index (χ2n) is 5.25. The predicted octanol–water partition coefficient (Wildman–Crippen LogP) is 2.94. The SMILES string of the molecule is CC(C)CC1CCCC(C)(N)C1. The first-order chi connectivity index (χ1) is 5.49. The van der Waals surface area contributed by atoms with Crippen LogP contribution in [0.2, 0.25) is 0 Å². The van der Waals surface area contributed by atoms with Gasteiger partial charge in [-0.3, -0.25) is 0 Å². The molecule has 2 atom stereocenters. The molecule has 0 aromatic carbocycles. The van der Waals surface area contributed by atoms with Crippen LogP contribution in [0, 0.1) is 11.8 Å². The zero-order valence-corrected chi connectivity index (χ0v) is 8.77. The van der Waals surface area contributed by atoms with E-state index in [0.717, 1.165) is 11.8 Å². The summed E-state index contributed by atoms with van der Waals surface area (Å²) in [5.41, 5.74) is 6.28.